The van der Waals surface area contributed by atoms with Gasteiger partial charge in [0, 0.05) is 18.3 Å². The van der Waals surface area contributed by atoms with Crippen LogP contribution in [0.5, 0.6) is 5.75 Å². The highest BCUT2D eigenvalue weighted by molar-refractivity contribution is 7.99. The second-order valence-corrected chi connectivity index (χ2v) is 8.77. The lowest BCUT2D eigenvalue weighted by Gasteiger charge is -2.30. The minimum Gasteiger partial charge on any atom is -0.497 e. The van der Waals surface area contributed by atoms with Crippen molar-refractivity contribution in [3.8, 4) is 5.75 Å². The summed E-state index contributed by atoms with van der Waals surface area (Å²) in [4.78, 5) is 27.6. The molecule has 2 atom stereocenters. The Bertz CT molecular complexity index is 854. The smallest absolute Gasteiger partial charge is 0.242 e. The number of carbonyl (C=O) groups excluding carboxylic acids is 2. The molecule has 5 nitrogen and oxygen atoms in total. The third-order valence-electron chi connectivity index (χ3n) is 5.42. The van der Waals surface area contributed by atoms with Crippen LogP contribution in [0.2, 0.25) is 0 Å². The van der Waals surface area contributed by atoms with Gasteiger partial charge in [-0.25, -0.2) is 0 Å². The molecule has 0 aliphatic rings. The van der Waals surface area contributed by atoms with Crippen LogP contribution in [0.25, 0.3) is 0 Å². The lowest BCUT2D eigenvalue weighted by Crippen LogP contribution is -2.50. The molecule has 2 rings (SSSR count). The molecule has 0 aromatic heterocycles. The van der Waals surface area contributed by atoms with E-state index >= 15 is 0 Å². The molecule has 0 saturated carbocycles. The number of nitrogens with one attached hydrogen (secondary N) is 1. The molecule has 2 amide bonds. The predicted molar refractivity (Wildman–Crippen MR) is 128 cm³/mol. The van der Waals surface area contributed by atoms with Gasteiger partial charge in [-0.1, -0.05) is 43.3 Å². The van der Waals surface area contributed by atoms with Crippen LogP contribution in [0.1, 0.15) is 43.9 Å². The number of amides is 2. The van der Waals surface area contributed by atoms with E-state index in [1.54, 1.807) is 23.8 Å². The first-order valence-corrected chi connectivity index (χ1v) is 11.9. The average molecular weight is 443 g/mol. The summed E-state index contributed by atoms with van der Waals surface area (Å²) >= 11 is 1.55. The minimum absolute atomic E-state index is 0.0337. The standard InChI is InChI=1S/C25H34N2O3S/c1-6-19(3)26-25(29)20(4)27(15-22-10-8-7-9-18(22)2)24(28)17-31-16-21-11-13-23(30-5)14-12-21/h7-14,19-20H,6,15-17H2,1-5H3,(H,26,29)/t19-,20+/m1/s1. The Hall–Kier alpha value is -2.47. The van der Waals surface area contributed by atoms with Crippen molar-refractivity contribution in [3.05, 3.63) is 65.2 Å². The Morgan fingerprint density at radius 2 is 1.77 bits per heavy atom. The van der Waals surface area contributed by atoms with Gasteiger partial charge in [-0.2, -0.15) is 0 Å². The van der Waals surface area contributed by atoms with Crippen LogP contribution in [0.15, 0.2) is 48.5 Å². The Balaban J connectivity index is 2.07. The molecule has 2 aromatic rings. The number of hydrogen-bond donors (Lipinski definition) is 1. The average Bonchev–Trinajstić information content (AvgIpc) is 2.78. The molecule has 0 heterocycles. The summed E-state index contributed by atoms with van der Waals surface area (Å²) in [5, 5.41) is 3.01. The number of rotatable bonds is 11. The molecular formula is C25H34N2O3S. The minimum atomic E-state index is -0.539. The monoisotopic (exact) mass is 442 g/mol. The second-order valence-electron chi connectivity index (χ2n) is 7.78. The number of hydrogen-bond acceptors (Lipinski definition) is 4. The first kappa shape index (κ1) is 24.8. The van der Waals surface area contributed by atoms with Crippen LogP contribution < -0.4 is 10.1 Å². The summed E-state index contributed by atoms with van der Waals surface area (Å²) in [6.07, 6.45) is 0.849. The van der Waals surface area contributed by atoms with E-state index in [-0.39, 0.29) is 17.9 Å². The maximum absolute atomic E-state index is 13.2. The van der Waals surface area contributed by atoms with E-state index < -0.39 is 6.04 Å². The van der Waals surface area contributed by atoms with Gasteiger partial charge in [0.15, 0.2) is 0 Å². The van der Waals surface area contributed by atoms with Gasteiger partial charge in [-0.15, -0.1) is 11.8 Å². The van der Waals surface area contributed by atoms with Crippen molar-refractivity contribution in [1.82, 2.24) is 10.2 Å². The van der Waals surface area contributed by atoms with Crippen molar-refractivity contribution in [2.45, 2.75) is 58.5 Å². The highest BCUT2D eigenvalue weighted by atomic mass is 32.2. The van der Waals surface area contributed by atoms with Gasteiger partial charge in [0.25, 0.3) is 0 Å². The molecule has 0 aliphatic heterocycles. The number of nitrogens with zero attached hydrogens (tertiary/aromatic N) is 1. The summed E-state index contributed by atoms with van der Waals surface area (Å²) < 4.78 is 5.19. The van der Waals surface area contributed by atoms with E-state index in [2.05, 4.69) is 5.32 Å². The fourth-order valence-corrected chi connectivity index (χ4v) is 3.95. The molecular weight excluding hydrogens is 408 g/mol. The molecule has 2 aromatic carbocycles. The first-order chi connectivity index (χ1) is 14.8. The molecule has 0 bridgehead atoms. The summed E-state index contributed by atoms with van der Waals surface area (Å²) in [5.41, 5.74) is 3.30. The zero-order valence-electron chi connectivity index (χ0n) is 19.2. The maximum Gasteiger partial charge on any atom is 0.242 e. The normalized spacial score (nSPS) is 12.7. The van der Waals surface area contributed by atoms with E-state index in [4.69, 9.17) is 4.74 Å². The van der Waals surface area contributed by atoms with Gasteiger partial charge >= 0.3 is 0 Å². The van der Waals surface area contributed by atoms with Crippen molar-refractivity contribution in [2.24, 2.45) is 0 Å². The predicted octanol–water partition coefficient (Wildman–Crippen LogP) is 4.57. The molecule has 0 aliphatic carbocycles. The Kier molecular flexibility index (Phi) is 9.92. The van der Waals surface area contributed by atoms with Crippen molar-refractivity contribution in [1.29, 1.82) is 0 Å². The molecule has 31 heavy (non-hydrogen) atoms. The van der Waals surface area contributed by atoms with Crippen LogP contribution in [0, 0.1) is 6.92 Å². The third-order valence-corrected chi connectivity index (χ3v) is 6.41. The number of aryl methyl sites for hydroxylation is 1. The quantitative estimate of drug-likeness (QED) is 0.554. The van der Waals surface area contributed by atoms with Gasteiger partial charge in [-0.05, 0) is 56.0 Å². The SMILES string of the molecule is CC[C@@H](C)NC(=O)[C@H](C)N(Cc1ccccc1C)C(=O)CSCc1ccc(OC)cc1. The molecule has 0 fully saturated rings. The zero-order chi connectivity index (χ0) is 22.8. The fraction of sp³-hybridized carbons (Fsp3) is 0.440. The Morgan fingerprint density at radius 1 is 1.10 bits per heavy atom. The number of thioether (sulfide) groups is 1. The van der Waals surface area contributed by atoms with Crippen LogP contribution in [-0.4, -0.2) is 41.7 Å². The van der Waals surface area contributed by atoms with E-state index in [1.807, 2.05) is 76.2 Å². The number of carbonyl (C=O) groups is 2. The largest absolute Gasteiger partial charge is 0.497 e. The van der Waals surface area contributed by atoms with Gasteiger partial charge in [0.05, 0.1) is 12.9 Å². The van der Waals surface area contributed by atoms with Gasteiger partial charge in [0.1, 0.15) is 11.8 Å². The third kappa shape index (κ3) is 7.62. The van der Waals surface area contributed by atoms with E-state index in [9.17, 15) is 9.59 Å². The highest BCUT2D eigenvalue weighted by Gasteiger charge is 2.27. The van der Waals surface area contributed by atoms with Gasteiger partial charge < -0.3 is 15.0 Å². The van der Waals surface area contributed by atoms with Crippen molar-refractivity contribution in [3.63, 3.8) is 0 Å². The van der Waals surface area contributed by atoms with Crippen LogP contribution in [0.4, 0.5) is 0 Å². The molecule has 0 unspecified atom stereocenters. The molecule has 1 N–H and O–H groups in total. The summed E-state index contributed by atoms with van der Waals surface area (Å²) in [6.45, 7) is 8.26. The van der Waals surface area contributed by atoms with E-state index in [0.29, 0.717) is 12.3 Å². The Labute approximate surface area is 190 Å². The summed E-state index contributed by atoms with van der Waals surface area (Å²) in [7, 11) is 1.64. The zero-order valence-corrected chi connectivity index (χ0v) is 20.0. The topological polar surface area (TPSA) is 58.6 Å². The number of methoxy groups -OCH3 is 1. The van der Waals surface area contributed by atoms with E-state index in [1.165, 1.54) is 0 Å². The molecule has 0 radical (unpaired) electrons. The van der Waals surface area contributed by atoms with Crippen molar-refractivity contribution >= 4 is 23.6 Å². The lowest BCUT2D eigenvalue weighted by molar-refractivity contribution is -0.138. The summed E-state index contributed by atoms with van der Waals surface area (Å²) in [5.74, 6) is 1.71. The molecule has 6 heteroatoms. The van der Waals surface area contributed by atoms with Crippen molar-refractivity contribution in [2.75, 3.05) is 12.9 Å². The molecule has 0 spiro atoms. The Morgan fingerprint density at radius 3 is 2.39 bits per heavy atom. The number of benzene rings is 2. The van der Waals surface area contributed by atoms with Crippen LogP contribution in [-0.2, 0) is 21.9 Å². The number of ether oxygens (including phenoxy) is 1. The first-order valence-electron chi connectivity index (χ1n) is 10.7. The fourth-order valence-electron chi connectivity index (χ4n) is 3.08. The highest BCUT2D eigenvalue weighted by Crippen LogP contribution is 2.19. The lowest BCUT2D eigenvalue weighted by atomic mass is 10.1. The summed E-state index contributed by atoms with van der Waals surface area (Å²) in [6, 6.07) is 15.4. The van der Waals surface area contributed by atoms with E-state index in [0.717, 1.165) is 34.6 Å². The van der Waals surface area contributed by atoms with Crippen LogP contribution in [0.3, 0.4) is 0 Å². The van der Waals surface area contributed by atoms with Gasteiger partial charge in [0.2, 0.25) is 11.8 Å². The molecule has 0 saturated heterocycles. The van der Waals surface area contributed by atoms with Gasteiger partial charge in [-0.3, -0.25) is 9.59 Å². The van der Waals surface area contributed by atoms with Crippen LogP contribution >= 0.6 is 11.8 Å². The second kappa shape index (κ2) is 12.4. The maximum atomic E-state index is 13.2. The van der Waals surface area contributed by atoms with Crippen molar-refractivity contribution < 1.29 is 14.3 Å². The molecule has 168 valence electrons.